The Kier molecular flexibility index (Phi) is 6.06. The first kappa shape index (κ1) is 22.4. The van der Waals surface area contributed by atoms with Crippen LogP contribution >= 0.6 is 0 Å². The van der Waals surface area contributed by atoms with E-state index in [4.69, 9.17) is 15.5 Å². The van der Waals surface area contributed by atoms with E-state index in [1.54, 1.807) is 11.1 Å². The summed E-state index contributed by atoms with van der Waals surface area (Å²) in [5, 5.41) is 0.851. The second kappa shape index (κ2) is 9.46. The van der Waals surface area contributed by atoms with Crippen molar-refractivity contribution in [1.29, 1.82) is 0 Å². The van der Waals surface area contributed by atoms with Crippen molar-refractivity contribution in [2.75, 3.05) is 13.1 Å². The Balaban J connectivity index is 1.56. The number of hydrogen-bond acceptors (Lipinski definition) is 4. The lowest BCUT2D eigenvalue weighted by molar-refractivity contribution is -0.127. The molecule has 0 aliphatic carbocycles. The molecule has 2 amide bonds. The fraction of sp³-hybridized carbons (Fsp3) is 0.179. The largest absolute Gasteiger partial charge is 0.457 e. The number of carbonyl (C=O) groups is 2. The summed E-state index contributed by atoms with van der Waals surface area (Å²) < 4.78 is 5.90. The minimum atomic E-state index is -0.553. The molecule has 0 radical (unpaired) electrons. The molecule has 2 aromatic carbocycles. The van der Waals surface area contributed by atoms with Crippen LogP contribution in [0.1, 0.15) is 34.8 Å². The summed E-state index contributed by atoms with van der Waals surface area (Å²) >= 11 is 0. The number of aromatic nitrogens is 2. The normalized spacial score (nSPS) is 15.7. The van der Waals surface area contributed by atoms with Crippen molar-refractivity contribution in [1.82, 2.24) is 14.9 Å². The van der Waals surface area contributed by atoms with Gasteiger partial charge in [0, 0.05) is 36.2 Å². The van der Waals surface area contributed by atoms with Crippen molar-refractivity contribution in [3.8, 4) is 22.8 Å². The Morgan fingerprint density at radius 1 is 1.09 bits per heavy atom. The van der Waals surface area contributed by atoms with Gasteiger partial charge in [-0.3, -0.25) is 14.6 Å². The van der Waals surface area contributed by atoms with Gasteiger partial charge in [0.05, 0.1) is 22.5 Å². The third-order valence-corrected chi connectivity index (χ3v) is 6.39. The van der Waals surface area contributed by atoms with Gasteiger partial charge < -0.3 is 20.4 Å². The number of nitrogens with zero attached hydrogens (tertiary/aromatic N) is 2. The molecule has 1 aliphatic rings. The second-order valence-electron chi connectivity index (χ2n) is 8.62. The highest BCUT2D eigenvalue weighted by molar-refractivity contribution is 6.10. The number of nitrogens with two attached hydrogens (primary N) is 1. The molecule has 3 heterocycles. The lowest BCUT2D eigenvalue weighted by atomic mass is 9.90. The smallest absolute Gasteiger partial charge is 0.253 e. The SMILES string of the molecule is C=CC(=O)N1CCCC(c2nc(-c3ccc(Oc4ccccc4)cc3)c(C(N)=O)c3[nH]ccc23)C1. The number of para-hydroxylation sites is 1. The van der Waals surface area contributed by atoms with Crippen LogP contribution in [-0.2, 0) is 4.79 Å². The van der Waals surface area contributed by atoms with Crippen LogP contribution in [-0.4, -0.2) is 39.8 Å². The summed E-state index contributed by atoms with van der Waals surface area (Å²) in [7, 11) is 0. The van der Waals surface area contributed by atoms with Gasteiger partial charge >= 0.3 is 0 Å². The summed E-state index contributed by atoms with van der Waals surface area (Å²) in [6.45, 7) is 4.87. The first-order valence-corrected chi connectivity index (χ1v) is 11.6. The van der Waals surface area contributed by atoms with E-state index >= 15 is 0 Å². The molecule has 0 spiro atoms. The molecule has 1 aliphatic heterocycles. The van der Waals surface area contributed by atoms with Gasteiger partial charge in [-0.15, -0.1) is 0 Å². The molecule has 0 saturated carbocycles. The van der Waals surface area contributed by atoms with E-state index in [1.807, 2.05) is 60.7 Å². The van der Waals surface area contributed by atoms with Crippen LogP contribution in [0.5, 0.6) is 11.5 Å². The molecule has 176 valence electrons. The number of aromatic amines is 1. The second-order valence-corrected chi connectivity index (χ2v) is 8.62. The summed E-state index contributed by atoms with van der Waals surface area (Å²) in [6, 6.07) is 18.9. The molecule has 7 heteroatoms. The summed E-state index contributed by atoms with van der Waals surface area (Å²) in [5.41, 5.74) is 8.96. The number of primary amides is 1. The molecule has 2 aromatic heterocycles. The number of rotatable bonds is 6. The lowest BCUT2D eigenvalue weighted by Crippen LogP contribution is -2.38. The highest BCUT2D eigenvalue weighted by Crippen LogP contribution is 2.36. The van der Waals surface area contributed by atoms with Gasteiger partial charge in [0.1, 0.15) is 11.5 Å². The van der Waals surface area contributed by atoms with Crippen LogP contribution in [0.15, 0.2) is 79.5 Å². The van der Waals surface area contributed by atoms with Crippen LogP contribution in [0.3, 0.4) is 0 Å². The zero-order valence-electron chi connectivity index (χ0n) is 19.2. The minimum Gasteiger partial charge on any atom is -0.457 e. The maximum atomic E-state index is 12.6. The molecule has 7 nitrogen and oxygen atoms in total. The molecule has 4 aromatic rings. The molecule has 3 N–H and O–H groups in total. The van der Waals surface area contributed by atoms with Gasteiger partial charge in [-0.2, -0.15) is 0 Å². The molecule has 1 atom stereocenters. The van der Waals surface area contributed by atoms with Crippen molar-refractivity contribution < 1.29 is 14.3 Å². The van der Waals surface area contributed by atoms with E-state index in [1.165, 1.54) is 6.08 Å². The number of nitrogens with one attached hydrogen (secondary N) is 1. The molecular weight excluding hydrogens is 440 g/mol. The zero-order valence-corrected chi connectivity index (χ0v) is 19.2. The Bertz CT molecular complexity index is 1390. The Hall–Kier alpha value is -4.39. The predicted molar refractivity (Wildman–Crippen MR) is 135 cm³/mol. The zero-order chi connectivity index (χ0) is 24.4. The van der Waals surface area contributed by atoms with E-state index in [-0.39, 0.29) is 11.8 Å². The fourth-order valence-electron chi connectivity index (χ4n) is 4.74. The maximum absolute atomic E-state index is 12.6. The first-order valence-electron chi connectivity index (χ1n) is 11.6. The topological polar surface area (TPSA) is 101 Å². The third-order valence-electron chi connectivity index (χ3n) is 6.39. The number of amides is 2. The van der Waals surface area contributed by atoms with E-state index < -0.39 is 5.91 Å². The summed E-state index contributed by atoms with van der Waals surface area (Å²) in [4.78, 5) is 34.8. The lowest BCUT2D eigenvalue weighted by Gasteiger charge is -2.32. The Labute approximate surface area is 203 Å². The average molecular weight is 467 g/mol. The molecule has 35 heavy (non-hydrogen) atoms. The van der Waals surface area contributed by atoms with Gasteiger partial charge in [0.2, 0.25) is 5.91 Å². The predicted octanol–water partition coefficient (Wildman–Crippen LogP) is 5.01. The van der Waals surface area contributed by atoms with E-state index in [9.17, 15) is 9.59 Å². The molecular formula is C28H26N4O3. The average Bonchev–Trinajstić information content (AvgIpc) is 3.38. The summed E-state index contributed by atoms with van der Waals surface area (Å²) in [6.07, 6.45) is 4.91. The van der Waals surface area contributed by atoms with E-state index in [0.717, 1.165) is 35.2 Å². The van der Waals surface area contributed by atoms with Gasteiger partial charge in [-0.1, -0.05) is 24.8 Å². The van der Waals surface area contributed by atoms with E-state index in [0.29, 0.717) is 35.6 Å². The molecule has 0 bridgehead atoms. The van der Waals surface area contributed by atoms with Crippen molar-refractivity contribution in [3.63, 3.8) is 0 Å². The van der Waals surface area contributed by atoms with Gasteiger partial charge in [0.25, 0.3) is 5.91 Å². The van der Waals surface area contributed by atoms with Crippen LogP contribution in [0, 0.1) is 0 Å². The number of H-pyrrole nitrogens is 1. The fourth-order valence-corrected chi connectivity index (χ4v) is 4.74. The molecule has 5 rings (SSSR count). The van der Waals surface area contributed by atoms with Crippen molar-refractivity contribution in [2.45, 2.75) is 18.8 Å². The third kappa shape index (κ3) is 4.40. The van der Waals surface area contributed by atoms with Crippen LogP contribution in [0.25, 0.3) is 22.2 Å². The monoisotopic (exact) mass is 466 g/mol. The van der Waals surface area contributed by atoms with Crippen LogP contribution < -0.4 is 10.5 Å². The molecule has 1 fully saturated rings. The van der Waals surface area contributed by atoms with Crippen molar-refractivity contribution in [2.24, 2.45) is 5.73 Å². The number of benzene rings is 2. The quantitative estimate of drug-likeness (QED) is 0.390. The van der Waals surface area contributed by atoms with E-state index in [2.05, 4.69) is 11.6 Å². The number of likely N-dealkylation sites (tertiary alicyclic amines) is 1. The maximum Gasteiger partial charge on any atom is 0.253 e. The Morgan fingerprint density at radius 2 is 1.83 bits per heavy atom. The highest BCUT2D eigenvalue weighted by Gasteiger charge is 2.29. The van der Waals surface area contributed by atoms with Crippen LogP contribution in [0.4, 0.5) is 0 Å². The molecule has 1 saturated heterocycles. The highest BCUT2D eigenvalue weighted by atomic mass is 16.5. The van der Waals surface area contributed by atoms with Gasteiger partial charge in [0.15, 0.2) is 0 Å². The number of piperidine rings is 1. The minimum absolute atomic E-state index is 0.0345. The van der Waals surface area contributed by atoms with Crippen LogP contribution in [0.2, 0.25) is 0 Å². The Morgan fingerprint density at radius 3 is 2.54 bits per heavy atom. The number of hydrogen-bond donors (Lipinski definition) is 2. The number of carbonyl (C=O) groups excluding carboxylic acids is 2. The van der Waals surface area contributed by atoms with Crippen molar-refractivity contribution >= 4 is 22.7 Å². The summed E-state index contributed by atoms with van der Waals surface area (Å²) in [5.74, 6) is 0.813. The van der Waals surface area contributed by atoms with Crippen molar-refractivity contribution in [3.05, 3.63) is 90.8 Å². The standard InChI is InChI=1S/C28H26N4O3/c1-2-23(33)32-16-6-7-19(17-32)25-22-14-15-30-27(22)24(28(29)34)26(31-25)18-10-12-21(13-11-18)35-20-8-4-3-5-9-20/h2-5,8-15,19,30H,1,6-7,16-17H2,(H2,29,34). The van der Waals surface area contributed by atoms with Gasteiger partial charge in [-0.25, -0.2) is 0 Å². The number of pyridine rings is 1. The van der Waals surface area contributed by atoms with Gasteiger partial charge in [-0.05, 0) is 61.4 Å². The first-order chi connectivity index (χ1) is 17.0. The number of ether oxygens (including phenoxy) is 1. The molecule has 1 unspecified atom stereocenters. The number of fused-ring (bicyclic) bond motifs is 1.